The topological polar surface area (TPSA) is 80.8 Å². The van der Waals surface area contributed by atoms with Gasteiger partial charge >= 0.3 is 12.2 Å². The average molecular weight is 488 g/mol. The zero-order valence-corrected chi connectivity index (χ0v) is 21.6. The molecule has 2 heterocycles. The molecule has 7 nitrogen and oxygen atoms in total. The molecule has 2 aromatic rings. The molecule has 1 fully saturated rings. The zero-order chi connectivity index (χ0) is 24.6. The largest absolute Gasteiger partial charge is 0.449 e. The molecule has 8 heteroatoms. The Morgan fingerprint density at radius 1 is 1.18 bits per heavy atom. The summed E-state index contributed by atoms with van der Waals surface area (Å²) in [7, 11) is 0. The minimum absolute atomic E-state index is 0.226. The van der Waals surface area contributed by atoms with Gasteiger partial charge in [0.25, 0.3) is 0 Å². The number of rotatable bonds is 8. The number of thiazole rings is 1. The lowest BCUT2D eigenvalue weighted by Gasteiger charge is -2.33. The van der Waals surface area contributed by atoms with Crippen molar-refractivity contribution in [2.75, 3.05) is 25.0 Å². The Labute approximate surface area is 206 Å². The van der Waals surface area contributed by atoms with Gasteiger partial charge in [0.15, 0.2) is 0 Å². The Balaban J connectivity index is 1.48. The Bertz CT molecular complexity index is 946. The first kappa shape index (κ1) is 26.0. The number of anilines is 1. The smallest absolute Gasteiger partial charge is 0.411 e. The number of hydrogen-bond acceptors (Lipinski definition) is 6. The van der Waals surface area contributed by atoms with Crippen LogP contribution in [-0.4, -0.2) is 47.4 Å². The number of ether oxygens (including phenoxy) is 2. The molecule has 3 rings (SSSR count). The Morgan fingerprint density at radius 2 is 1.91 bits per heavy atom. The van der Waals surface area contributed by atoms with Crippen LogP contribution in [0.4, 0.5) is 15.3 Å². The maximum absolute atomic E-state index is 12.5. The van der Waals surface area contributed by atoms with Crippen LogP contribution in [0.15, 0.2) is 29.6 Å². The predicted molar refractivity (Wildman–Crippen MR) is 136 cm³/mol. The van der Waals surface area contributed by atoms with Gasteiger partial charge in [0.2, 0.25) is 0 Å². The minimum atomic E-state index is -0.499. The summed E-state index contributed by atoms with van der Waals surface area (Å²) in [6.45, 7) is 9.33. The first-order valence-corrected chi connectivity index (χ1v) is 13.1. The maximum atomic E-state index is 12.5. The van der Waals surface area contributed by atoms with Crippen LogP contribution in [0.1, 0.15) is 65.5 Å². The lowest BCUT2D eigenvalue weighted by Crippen LogP contribution is -2.42. The Morgan fingerprint density at radius 3 is 2.62 bits per heavy atom. The van der Waals surface area contributed by atoms with Gasteiger partial charge in [-0.05, 0) is 64.5 Å². The summed E-state index contributed by atoms with van der Waals surface area (Å²) in [5.41, 5.74) is 2.20. The first-order chi connectivity index (χ1) is 16.2. The average Bonchev–Trinajstić information content (AvgIpc) is 3.26. The zero-order valence-electron chi connectivity index (χ0n) is 20.8. The molecule has 34 heavy (non-hydrogen) atoms. The van der Waals surface area contributed by atoms with Crippen LogP contribution < -0.4 is 5.32 Å². The number of piperidine rings is 1. The standard InChI is InChI=1S/C26H37N3O4S/c1-5-6-7-10-20-18-34-23(27-20)21-11-8-9-12-22(21)28-24(30)32-17-19-13-15-29(16-14-19)25(31)33-26(2,3)4/h8-9,11-12,18-19H,5-7,10,13-17H2,1-4H3,(H,28,30). The van der Waals surface area contributed by atoms with Crippen LogP contribution in [0, 0.1) is 5.92 Å². The Kier molecular flexibility index (Phi) is 9.33. The lowest BCUT2D eigenvalue weighted by atomic mass is 9.98. The number of likely N-dealkylation sites (tertiary alicyclic amines) is 1. The minimum Gasteiger partial charge on any atom is -0.449 e. The van der Waals surface area contributed by atoms with Crippen LogP contribution in [0.5, 0.6) is 0 Å². The van der Waals surface area contributed by atoms with Gasteiger partial charge in [0.05, 0.1) is 18.0 Å². The van der Waals surface area contributed by atoms with Gasteiger partial charge in [0.1, 0.15) is 10.6 Å². The first-order valence-electron chi connectivity index (χ1n) is 12.2. The third kappa shape index (κ3) is 8.01. The number of hydrogen-bond donors (Lipinski definition) is 1. The van der Waals surface area contributed by atoms with Gasteiger partial charge in [-0.2, -0.15) is 0 Å². The van der Waals surface area contributed by atoms with E-state index in [1.165, 1.54) is 12.8 Å². The van der Waals surface area contributed by atoms with E-state index in [1.54, 1.807) is 16.2 Å². The molecule has 1 aliphatic heterocycles. The molecular formula is C26H37N3O4S. The fourth-order valence-corrected chi connectivity index (χ4v) is 4.72. The fourth-order valence-electron chi connectivity index (χ4n) is 3.83. The van der Waals surface area contributed by atoms with Crippen molar-refractivity contribution in [2.45, 2.75) is 71.8 Å². The van der Waals surface area contributed by atoms with E-state index in [4.69, 9.17) is 14.5 Å². The molecule has 0 spiro atoms. The number of amides is 2. The van der Waals surface area contributed by atoms with Crippen molar-refractivity contribution >= 4 is 29.2 Å². The van der Waals surface area contributed by atoms with Crippen molar-refractivity contribution in [3.05, 3.63) is 35.3 Å². The highest BCUT2D eigenvalue weighted by Gasteiger charge is 2.27. The number of nitrogens with zero attached hydrogens (tertiary/aromatic N) is 2. The van der Waals surface area contributed by atoms with E-state index in [0.29, 0.717) is 25.4 Å². The second kappa shape index (κ2) is 12.2. The fraction of sp³-hybridized carbons (Fsp3) is 0.577. The van der Waals surface area contributed by atoms with Crippen LogP contribution in [0.3, 0.4) is 0 Å². The summed E-state index contributed by atoms with van der Waals surface area (Å²) in [5.74, 6) is 0.226. The number of nitrogens with one attached hydrogen (secondary N) is 1. The molecule has 1 N–H and O–H groups in total. The lowest BCUT2D eigenvalue weighted by molar-refractivity contribution is 0.0153. The van der Waals surface area contributed by atoms with Crippen LogP contribution in [-0.2, 0) is 15.9 Å². The van der Waals surface area contributed by atoms with E-state index in [1.807, 2.05) is 45.0 Å². The molecular weight excluding hydrogens is 450 g/mol. The molecule has 0 radical (unpaired) electrons. The molecule has 0 unspecified atom stereocenters. The third-order valence-electron chi connectivity index (χ3n) is 5.70. The molecule has 1 aromatic heterocycles. The highest BCUT2D eigenvalue weighted by Crippen LogP contribution is 2.31. The van der Waals surface area contributed by atoms with Gasteiger partial charge in [0, 0.05) is 24.0 Å². The summed E-state index contributed by atoms with van der Waals surface area (Å²) >= 11 is 1.60. The van der Waals surface area contributed by atoms with Gasteiger partial charge in [-0.1, -0.05) is 31.9 Å². The Hall–Kier alpha value is -2.61. The van der Waals surface area contributed by atoms with E-state index in [-0.39, 0.29) is 12.0 Å². The van der Waals surface area contributed by atoms with Gasteiger partial charge in [-0.15, -0.1) is 11.3 Å². The highest BCUT2D eigenvalue weighted by atomic mass is 32.1. The molecule has 2 amide bonds. The number of para-hydroxylation sites is 1. The highest BCUT2D eigenvalue weighted by molar-refractivity contribution is 7.13. The third-order valence-corrected chi connectivity index (χ3v) is 6.62. The quantitative estimate of drug-likeness (QED) is 0.417. The second-order valence-electron chi connectivity index (χ2n) is 9.78. The van der Waals surface area contributed by atoms with Gasteiger partial charge in [-0.3, -0.25) is 5.32 Å². The molecule has 0 atom stereocenters. The SMILES string of the molecule is CCCCCc1csc(-c2ccccc2NC(=O)OCC2CCN(C(=O)OC(C)(C)C)CC2)n1. The van der Waals surface area contributed by atoms with Gasteiger partial charge in [-0.25, -0.2) is 14.6 Å². The summed E-state index contributed by atoms with van der Waals surface area (Å²) < 4.78 is 11.0. The van der Waals surface area contributed by atoms with Crippen molar-refractivity contribution in [3.63, 3.8) is 0 Å². The van der Waals surface area contributed by atoms with E-state index >= 15 is 0 Å². The number of aryl methyl sites for hydroxylation is 1. The molecule has 186 valence electrons. The number of aromatic nitrogens is 1. The normalized spacial score (nSPS) is 14.6. The second-order valence-corrected chi connectivity index (χ2v) is 10.6. The van der Waals surface area contributed by atoms with Crippen molar-refractivity contribution in [2.24, 2.45) is 5.92 Å². The predicted octanol–water partition coefficient (Wildman–Crippen LogP) is 6.74. The van der Waals surface area contributed by atoms with Crippen molar-refractivity contribution < 1.29 is 19.1 Å². The van der Waals surface area contributed by atoms with Gasteiger partial charge < -0.3 is 14.4 Å². The van der Waals surface area contributed by atoms with E-state index in [2.05, 4.69) is 17.6 Å². The molecule has 0 bridgehead atoms. The number of carbonyl (C=O) groups is 2. The summed E-state index contributed by atoms with van der Waals surface area (Å²) in [6.07, 6.45) is 5.33. The number of carbonyl (C=O) groups excluding carboxylic acids is 2. The summed E-state index contributed by atoms with van der Waals surface area (Å²) in [4.78, 5) is 31.2. The molecule has 1 saturated heterocycles. The van der Waals surface area contributed by atoms with Crippen LogP contribution >= 0.6 is 11.3 Å². The van der Waals surface area contributed by atoms with E-state index in [0.717, 1.165) is 41.9 Å². The number of benzene rings is 1. The molecule has 0 saturated carbocycles. The monoisotopic (exact) mass is 487 g/mol. The molecule has 0 aliphatic carbocycles. The summed E-state index contributed by atoms with van der Waals surface area (Å²) in [6, 6.07) is 7.68. The molecule has 1 aromatic carbocycles. The summed E-state index contributed by atoms with van der Waals surface area (Å²) in [5, 5.41) is 5.88. The maximum Gasteiger partial charge on any atom is 0.411 e. The number of unbranched alkanes of at least 4 members (excludes halogenated alkanes) is 2. The van der Waals surface area contributed by atoms with Crippen LogP contribution in [0.25, 0.3) is 10.6 Å². The van der Waals surface area contributed by atoms with E-state index in [9.17, 15) is 9.59 Å². The van der Waals surface area contributed by atoms with Crippen LogP contribution in [0.2, 0.25) is 0 Å². The van der Waals surface area contributed by atoms with Crippen molar-refractivity contribution in [1.29, 1.82) is 0 Å². The molecule has 1 aliphatic rings. The van der Waals surface area contributed by atoms with Crippen molar-refractivity contribution in [3.8, 4) is 10.6 Å². The van der Waals surface area contributed by atoms with Crippen molar-refractivity contribution in [1.82, 2.24) is 9.88 Å². The van der Waals surface area contributed by atoms with E-state index < -0.39 is 11.7 Å².